The first-order valence-corrected chi connectivity index (χ1v) is 7.60. The molecule has 1 heterocycles. The minimum atomic E-state index is -4.70. The lowest BCUT2D eigenvalue weighted by Crippen LogP contribution is -2.25. The summed E-state index contributed by atoms with van der Waals surface area (Å²) in [6.45, 7) is 0.284. The lowest BCUT2D eigenvalue weighted by atomic mass is 10.2. The Morgan fingerprint density at radius 3 is 2.54 bits per heavy atom. The van der Waals surface area contributed by atoms with E-state index in [0.717, 1.165) is 17.3 Å². The molecular weight excluding hydrogens is 347 g/mol. The van der Waals surface area contributed by atoms with Gasteiger partial charge in [-0.15, -0.1) is 10.2 Å². The molecule has 24 heavy (non-hydrogen) atoms. The van der Waals surface area contributed by atoms with Gasteiger partial charge in [-0.05, 0) is 17.7 Å². The molecule has 1 aromatic heterocycles. The number of nitrogens with zero attached hydrogens (tertiary/aromatic N) is 3. The fourth-order valence-corrected chi connectivity index (χ4v) is 2.38. The van der Waals surface area contributed by atoms with Gasteiger partial charge in [0.25, 0.3) is 5.82 Å². The fraction of sp³-hybridized carbons (Fsp3) is 0.308. The number of hydrogen-bond acceptors (Lipinski definition) is 6. The maximum atomic E-state index is 12.5. The molecule has 11 heteroatoms. The summed E-state index contributed by atoms with van der Waals surface area (Å²) in [5.74, 6) is 4.15. The van der Waals surface area contributed by atoms with Crippen LogP contribution in [0.15, 0.2) is 29.4 Å². The van der Waals surface area contributed by atoms with Crippen LogP contribution in [0, 0.1) is 0 Å². The van der Waals surface area contributed by atoms with Gasteiger partial charge in [0.15, 0.2) is 0 Å². The second-order valence-corrected chi connectivity index (χ2v) is 5.53. The Hall–Kier alpha value is -2.43. The molecule has 0 radical (unpaired) electrons. The van der Waals surface area contributed by atoms with Crippen molar-refractivity contribution in [2.24, 2.45) is 0 Å². The molecule has 0 unspecified atom stereocenters. The van der Waals surface area contributed by atoms with Crippen molar-refractivity contribution < 1.29 is 22.7 Å². The van der Waals surface area contributed by atoms with E-state index in [1.54, 1.807) is 31.4 Å². The molecule has 2 aromatic rings. The molecule has 1 amide bonds. The van der Waals surface area contributed by atoms with Gasteiger partial charge in [0.05, 0.1) is 12.9 Å². The second-order valence-electron chi connectivity index (χ2n) is 4.59. The highest BCUT2D eigenvalue weighted by Crippen LogP contribution is 2.28. The molecule has 0 bridgehead atoms. The summed E-state index contributed by atoms with van der Waals surface area (Å²) in [5, 5.41) is 8.75. The Morgan fingerprint density at radius 1 is 1.33 bits per heavy atom. The summed E-state index contributed by atoms with van der Waals surface area (Å²) < 4.78 is 42.9. The molecule has 0 saturated carbocycles. The van der Waals surface area contributed by atoms with Crippen LogP contribution in [0.1, 0.15) is 11.4 Å². The van der Waals surface area contributed by atoms with Gasteiger partial charge in [0.1, 0.15) is 5.75 Å². The van der Waals surface area contributed by atoms with Crippen LogP contribution in [-0.2, 0) is 17.5 Å². The topological polar surface area (TPSA) is 95.1 Å². The van der Waals surface area contributed by atoms with Crippen molar-refractivity contribution in [2.45, 2.75) is 17.9 Å². The van der Waals surface area contributed by atoms with Gasteiger partial charge in [-0.3, -0.25) is 4.79 Å². The molecule has 0 saturated heterocycles. The van der Waals surface area contributed by atoms with E-state index in [1.807, 2.05) is 0 Å². The highest BCUT2D eigenvalue weighted by atomic mass is 32.2. The standard InChI is InChI=1S/C13H14F3N5O2S/c1-23-9-4-2-8(3-5-9)6-18-10(22)7-24-12-20-19-11(21(12)17)13(14,15)16/h2-5H,6-7,17H2,1H3,(H,18,22). The Balaban J connectivity index is 1.84. The summed E-state index contributed by atoms with van der Waals surface area (Å²) in [4.78, 5) is 11.8. The fourth-order valence-electron chi connectivity index (χ4n) is 1.69. The number of amides is 1. The molecule has 1 aromatic carbocycles. The number of nitrogens with two attached hydrogens (primary N) is 1. The predicted octanol–water partition coefficient (Wildman–Crippen LogP) is 1.43. The number of thioether (sulfide) groups is 1. The molecule has 7 nitrogen and oxygen atoms in total. The van der Waals surface area contributed by atoms with E-state index in [-0.39, 0.29) is 23.4 Å². The predicted molar refractivity (Wildman–Crippen MR) is 80.7 cm³/mol. The number of alkyl halides is 3. The number of aromatic nitrogens is 3. The molecule has 0 aliphatic rings. The van der Waals surface area contributed by atoms with Gasteiger partial charge in [-0.25, -0.2) is 4.68 Å². The lowest BCUT2D eigenvalue weighted by molar-refractivity contribution is -0.146. The monoisotopic (exact) mass is 361 g/mol. The van der Waals surface area contributed by atoms with Gasteiger partial charge >= 0.3 is 6.18 Å². The Morgan fingerprint density at radius 2 is 2.00 bits per heavy atom. The van der Waals surface area contributed by atoms with Crippen molar-refractivity contribution in [1.29, 1.82) is 0 Å². The van der Waals surface area contributed by atoms with Gasteiger partial charge in [-0.2, -0.15) is 13.2 Å². The lowest BCUT2D eigenvalue weighted by Gasteiger charge is -2.07. The van der Waals surface area contributed by atoms with Crippen molar-refractivity contribution in [1.82, 2.24) is 20.2 Å². The van der Waals surface area contributed by atoms with Crippen LogP contribution < -0.4 is 15.9 Å². The Labute approximate surface area is 139 Å². The highest BCUT2D eigenvalue weighted by Gasteiger charge is 2.38. The van der Waals surface area contributed by atoms with Gasteiger partial charge in [0.2, 0.25) is 11.1 Å². The number of ether oxygens (including phenoxy) is 1. The number of halogens is 3. The minimum Gasteiger partial charge on any atom is -0.497 e. The zero-order chi connectivity index (χ0) is 17.7. The van der Waals surface area contributed by atoms with Crippen molar-refractivity contribution in [3.63, 3.8) is 0 Å². The van der Waals surface area contributed by atoms with Crippen molar-refractivity contribution in [2.75, 3.05) is 18.7 Å². The minimum absolute atomic E-state index is 0.136. The number of carbonyl (C=O) groups excluding carboxylic acids is 1. The van der Waals surface area contributed by atoms with Gasteiger partial charge < -0.3 is 15.9 Å². The zero-order valence-electron chi connectivity index (χ0n) is 12.5. The first-order valence-electron chi connectivity index (χ1n) is 6.61. The molecular formula is C13H14F3N5O2S. The van der Waals surface area contributed by atoms with E-state index in [4.69, 9.17) is 10.6 Å². The van der Waals surface area contributed by atoms with Crippen LogP contribution in [-0.4, -0.2) is 33.6 Å². The largest absolute Gasteiger partial charge is 0.497 e. The quantitative estimate of drug-likeness (QED) is 0.597. The molecule has 0 spiro atoms. The van der Waals surface area contributed by atoms with E-state index >= 15 is 0 Å². The number of rotatable bonds is 6. The molecule has 3 N–H and O–H groups in total. The second kappa shape index (κ2) is 7.43. The number of hydrogen-bond donors (Lipinski definition) is 2. The highest BCUT2D eigenvalue weighted by molar-refractivity contribution is 7.99. The van der Waals surface area contributed by atoms with E-state index in [1.165, 1.54) is 0 Å². The van der Waals surface area contributed by atoms with Gasteiger partial charge in [-0.1, -0.05) is 23.9 Å². The maximum absolute atomic E-state index is 12.5. The van der Waals surface area contributed by atoms with Crippen LogP contribution in [0.2, 0.25) is 0 Å². The summed E-state index contributed by atoms with van der Waals surface area (Å²) in [7, 11) is 1.55. The normalized spacial score (nSPS) is 11.3. The summed E-state index contributed by atoms with van der Waals surface area (Å²) in [6, 6.07) is 7.09. The SMILES string of the molecule is COc1ccc(CNC(=O)CSc2nnc(C(F)(F)F)n2N)cc1. The first-order chi connectivity index (χ1) is 11.3. The average molecular weight is 361 g/mol. The molecule has 0 aliphatic heterocycles. The summed E-state index contributed by atoms with van der Waals surface area (Å²) in [5.41, 5.74) is 0.857. The third-order valence-electron chi connectivity index (χ3n) is 2.90. The first kappa shape index (κ1) is 17.9. The average Bonchev–Trinajstić information content (AvgIpc) is 2.92. The van der Waals surface area contributed by atoms with Crippen LogP contribution in [0.25, 0.3) is 0 Å². The zero-order valence-corrected chi connectivity index (χ0v) is 13.3. The van der Waals surface area contributed by atoms with Crippen molar-refractivity contribution in [3.05, 3.63) is 35.7 Å². The van der Waals surface area contributed by atoms with E-state index < -0.39 is 12.0 Å². The van der Waals surface area contributed by atoms with Crippen molar-refractivity contribution >= 4 is 17.7 Å². The molecule has 130 valence electrons. The van der Waals surface area contributed by atoms with Crippen LogP contribution >= 0.6 is 11.8 Å². The number of nitrogens with one attached hydrogen (secondary N) is 1. The Bertz CT molecular complexity index is 703. The smallest absolute Gasteiger partial charge is 0.453 e. The van der Waals surface area contributed by atoms with E-state index in [2.05, 4.69) is 15.5 Å². The summed E-state index contributed by atoms with van der Waals surface area (Å²) in [6.07, 6.45) is -4.70. The van der Waals surface area contributed by atoms with Gasteiger partial charge in [0, 0.05) is 6.54 Å². The van der Waals surface area contributed by atoms with Crippen molar-refractivity contribution in [3.8, 4) is 5.75 Å². The maximum Gasteiger partial charge on any atom is 0.453 e. The molecule has 0 fully saturated rings. The summed E-state index contributed by atoms with van der Waals surface area (Å²) >= 11 is 0.766. The molecule has 2 rings (SSSR count). The number of nitrogen functional groups attached to an aromatic ring is 1. The Kier molecular flexibility index (Phi) is 5.54. The van der Waals surface area contributed by atoms with Crippen LogP contribution in [0.3, 0.4) is 0 Å². The third-order valence-corrected chi connectivity index (χ3v) is 3.84. The van der Waals surface area contributed by atoms with Crippen LogP contribution in [0.5, 0.6) is 5.75 Å². The molecule has 0 atom stereocenters. The molecule has 0 aliphatic carbocycles. The van der Waals surface area contributed by atoms with E-state index in [9.17, 15) is 18.0 Å². The van der Waals surface area contributed by atoms with E-state index in [0.29, 0.717) is 10.4 Å². The number of benzene rings is 1. The van der Waals surface area contributed by atoms with Crippen LogP contribution in [0.4, 0.5) is 13.2 Å². The number of methoxy groups -OCH3 is 1. The third kappa shape index (κ3) is 4.54. The number of carbonyl (C=O) groups is 1.